The molecule has 0 spiro atoms. The molecule has 1 aromatic heterocycles. The number of amides is 1. The Labute approximate surface area is 179 Å². The van der Waals surface area contributed by atoms with Crippen LogP contribution in [0.1, 0.15) is 35.5 Å². The molecule has 0 aliphatic carbocycles. The molecule has 164 valence electrons. The van der Waals surface area contributed by atoms with Crippen LogP contribution in [0.3, 0.4) is 0 Å². The normalized spacial score (nSPS) is 12.4. The van der Waals surface area contributed by atoms with Crippen molar-refractivity contribution in [2.75, 3.05) is 6.61 Å². The lowest BCUT2D eigenvalue weighted by Gasteiger charge is -2.17. The quantitative estimate of drug-likeness (QED) is 0.579. The number of aromatic nitrogens is 1. The molecule has 0 radical (unpaired) electrons. The summed E-state index contributed by atoms with van der Waals surface area (Å²) in [6.45, 7) is 3.89. The molecule has 9 heteroatoms. The third kappa shape index (κ3) is 6.91. The number of aliphatic carboxylic acids is 1. The maximum Gasteiger partial charge on any atom is 0.329 e. The lowest BCUT2D eigenvalue weighted by atomic mass is 10.0. The molecule has 2 rings (SSSR count). The van der Waals surface area contributed by atoms with Gasteiger partial charge in [-0.25, -0.2) is 9.78 Å². The predicted molar refractivity (Wildman–Crippen MR) is 109 cm³/mol. The van der Waals surface area contributed by atoms with Crippen LogP contribution in [-0.2, 0) is 25.5 Å². The van der Waals surface area contributed by atoms with E-state index < -0.39 is 42.4 Å². The average Bonchev–Trinajstić information content (AvgIpc) is 2.72. The molecule has 1 amide bonds. The van der Waals surface area contributed by atoms with Gasteiger partial charge in [0.25, 0.3) is 5.91 Å². The van der Waals surface area contributed by atoms with Crippen LogP contribution in [0.15, 0.2) is 42.6 Å². The number of carbonyl (C=O) groups excluding carboxylic acids is 3. The van der Waals surface area contributed by atoms with Crippen molar-refractivity contribution in [1.29, 1.82) is 0 Å². The number of pyridine rings is 1. The van der Waals surface area contributed by atoms with E-state index in [9.17, 15) is 24.3 Å². The fourth-order valence-corrected chi connectivity index (χ4v) is 2.74. The number of carboxylic acid groups (broad SMARTS) is 1. The van der Waals surface area contributed by atoms with Gasteiger partial charge in [0, 0.05) is 13.1 Å². The molecule has 0 saturated carbocycles. The number of benzene rings is 1. The Hall–Kier alpha value is -3.75. The molecule has 1 heterocycles. The molecule has 0 saturated heterocycles. The van der Waals surface area contributed by atoms with Gasteiger partial charge in [0.2, 0.25) is 0 Å². The third-order valence-electron chi connectivity index (χ3n) is 4.35. The van der Waals surface area contributed by atoms with Gasteiger partial charge in [-0.05, 0) is 30.5 Å². The Kier molecular flexibility index (Phi) is 8.25. The minimum atomic E-state index is -1.51. The summed E-state index contributed by atoms with van der Waals surface area (Å²) in [6, 6.07) is 9.36. The van der Waals surface area contributed by atoms with E-state index >= 15 is 0 Å². The summed E-state index contributed by atoms with van der Waals surface area (Å²) < 4.78 is 10.1. The molecular weight excluding hydrogens is 404 g/mol. The first-order valence-electron chi connectivity index (χ1n) is 9.57. The van der Waals surface area contributed by atoms with Crippen molar-refractivity contribution >= 4 is 23.8 Å². The summed E-state index contributed by atoms with van der Waals surface area (Å²) in [6.07, 6.45) is 1.76. The zero-order valence-corrected chi connectivity index (χ0v) is 17.5. The maximum atomic E-state index is 12.6. The number of esters is 2. The van der Waals surface area contributed by atoms with Crippen LogP contribution in [-0.4, -0.2) is 46.6 Å². The zero-order chi connectivity index (χ0) is 23.0. The summed E-state index contributed by atoms with van der Waals surface area (Å²) in [7, 11) is 0. The molecule has 1 aromatic carbocycles. The zero-order valence-electron chi connectivity index (χ0n) is 17.5. The summed E-state index contributed by atoms with van der Waals surface area (Å²) in [4.78, 5) is 51.6. The van der Waals surface area contributed by atoms with E-state index in [1.807, 2.05) is 30.3 Å². The number of rotatable bonds is 9. The number of aryl methyl sites for hydroxylation is 1. The van der Waals surface area contributed by atoms with Crippen molar-refractivity contribution in [3.05, 3.63) is 59.4 Å². The van der Waals surface area contributed by atoms with Gasteiger partial charge in [-0.1, -0.05) is 37.3 Å². The summed E-state index contributed by atoms with van der Waals surface area (Å²) in [5.41, 5.74) is 1.17. The van der Waals surface area contributed by atoms with Gasteiger partial charge < -0.3 is 19.9 Å². The van der Waals surface area contributed by atoms with Gasteiger partial charge in [-0.15, -0.1) is 0 Å². The first-order chi connectivity index (χ1) is 14.7. The molecule has 31 heavy (non-hydrogen) atoms. The van der Waals surface area contributed by atoms with Gasteiger partial charge >= 0.3 is 17.9 Å². The van der Waals surface area contributed by atoms with E-state index in [2.05, 4.69) is 10.3 Å². The van der Waals surface area contributed by atoms with Gasteiger partial charge in [0.05, 0.1) is 5.92 Å². The van der Waals surface area contributed by atoms with Gasteiger partial charge in [-0.3, -0.25) is 14.4 Å². The highest BCUT2D eigenvalue weighted by Crippen LogP contribution is 2.21. The molecule has 0 aliphatic heterocycles. The minimum absolute atomic E-state index is 0.0647. The van der Waals surface area contributed by atoms with E-state index in [1.54, 1.807) is 19.9 Å². The van der Waals surface area contributed by atoms with Gasteiger partial charge in [0.1, 0.15) is 6.61 Å². The van der Waals surface area contributed by atoms with E-state index in [0.29, 0.717) is 12.0 Å². The molecular formula is C22H24N2O7. The SMILES string of the molecule is CC(=O)Oc1c(C)ccnc1C(=O)NC(COC(=O)C(C)Cc1ccccc1)C(=O)O. The van der Waals surface area contributed by atoms with E-state index in [1.165, 1.54) is 13.1 Å². The van der Waals surface area contributed by atoms with Crippen molar-refractivity contribution in [3.63, 3.8) is 0 Å². The van der Waals surface area contributed by atoms with Crippen molar-refractivity contribution in [3.8, 4) is 5.75 Å². The molecule has 0 aliphatic rings. The number of nitrogens with zero attached hydrogens (tertiary/aromatic N) is 1. The molecule has 2 N–H and O–H groups in total. The van der Waals surface area contributed by atoms with Crippen molar-refractivity contribution in [2.45, 2.75) is 33.2 Å². The Morgan fingerprint density at radius 3 is 2.42 bits per heavy atom. The maximum absolute atomic E-state index is 12.6. The number of carbonyl (C=O) groups is 4. The summed E-state index contributed by atoms with van der Waals surface area (Å²) in [5.74, 6) is -4.06. The van der Waals surface area contributed by atoms with Crippen LogP contribution < -0.4 is 10.1 Å². The van der Waals surface area contributed by atoms with Crippen LogP contribution in [0, 0.1) is 12.8 Å². The third-order valence-corrected chi connectivity index (χ3v) is 4.35. The second kappa shape index (κ2) is 10.9. The lowest BCUT2D eigenvalue weighted by molar-refractivity contribution is -0.151. The standard InChI is InChI=1S/C22H24N2O7/c1-13-9-10-23-18(19(13)31-15(3)25)20(26)24-17(21(27)28)12-30-22(29)14(2)11-16-7-5-4-6-8-16/h4-10,14,17H,11-12H2,1-3H3,(H,24,26)(H,27,28). The van der Waals surface area contributed by atoms with E-state index in [4.69, 9.17) is 9.47 Å². The predicted octanol–water partition coefficient (Wildman–Crippen LogP) is 1.92. The molecule has 9 nitrogen and oxygen atoms in total. The largest absolute Gasteiger partial charge is 0.480 e. The van der Waals surface area contributed by atoms with Gasteiger partial charge in [-0.2, -0.15) is 0 Å². The van der Waals surface area contributed by atoms with E-state index in [-0.39, 0.29) is 11.4 Å². The number of hydrogen-bond donors (Lipinski definition) is 2. The molecule has 2 atom stereocenters. The summed E-state index contributed by atoms with van der Waals surface area (Å²) >= 11 is 0. The van der Waals surface area contributed by atoms with Crippen LogP contribution in [0.2, 0.25) is 0 Å². The highest BCUT2D eigenvalue weighted by Gasteiger charge is 2.27. The number of carboxylic acids is 1. The van der Waals surface area contributed by atoms with E-state index in [0.717, 1.165) is 5.56 Å². The van der Waals surface area contributed by atoms with Crippen LogP contribution in [0.5, 0.6) is 5.75 Å². The number of ether oxygens (including phenoxy) is 2. The Morgan fingerprint density at radius 2 is 1.81 bits per heavy atom. The smallest absolute Gasteiger partial charge is 0.329 e. The van der Waals surface area contributed by atoms with Crippen molar-refractivity contribution < 1.29 is 33.8 Å². The fourth-order valence-electron chi connectivity index (χ4n) is 2.74. The monoisotopic (exact) mass is 428 g/mol. The fraction of sp³-hybridized carbons (Fsp3) is 0.318. The van der Waals surface area contributed by atoms with Crippen LogP contribution >= 0.6 is 0 Å². The first-order valence-corrected chi connectivity index (χ1v) is 9.57. The van der Waals surface area contributed by atoms with Crippen molar-refractivity contribution in [2.24, 2.45) is 5.92 Å². The Bertz CT molecular complexity index is 960. The first kappa shape index (κ1) is 23.5. The topological polar surface area (TPSA) is 132 Å². The average molecular weight is 428 g/mol. The van der Waals surface area contributed by atoms with Crippen LogP contribution in [0.25, 0.3) is 0 Å². The lowest BCUT2D eigenvalue weighted by Crippen LogP contribution is -2.45. The summed E-state index contributed by atoms with van der Waals surface area (Å²) in [5, 5.41) is 11.7. The second-order valence-electron chi connectivity index (χ2n) is 6.98. The Balaban J connectivity index is 2.02. The second-order valence-corrected chi connectivity index (χ2v) is 6.98. The highest BCUT2D eigenvalue weighted by atomic mass is 16.5. The minimum Gasteiger partial charge on any atom is -0.480 e. The van der Waals surface area contributed by atoms with Gasteiger partial charge in [0.15, 0.2) is 17.5 Å². The molecule has 0 fully saturated rings. The van der Waals surface area contributed by atoms with Crippen LogP contribution in [0.4, 0.5) is 0 Å². The molecule has 0 bridgehead atoms. The molecule has 2 aromatic rings. The molecule has 2 unspecified atom stereocenters. The Morgan fingerprint density at radius 1 is 1.13 bits per heavy atom. The van der Waals surface area contributed by atoms with Crippen molar-refractivity contribution in [1.82, 2.24) is 10.3 Å². The number of hydrogen-bond acceptors (Lipinski definition) is 7. The number of nitrogens with one attached hydrogen (secondary N) is 1. The highest BCUT2D eigenvalue weighted by molar-refractivity contribution is 5.98.